The van der Waals surface area contributed by atoms with Crippen molar-refractivity contribution in [2.24, 2.45) is 0 Å². The minimum Gasteiger partial charge on any atom is -0.322 e. The number of aromatic nitrogens is 2. The molecule has 0 aliphatic carbocycles. The van der Waals surface area contributed by atoms with Gasteiger partial charge < -0.3 is 4.57 Å². The van der Waals surface area contributed by atoms with E-state index in [0.717, 1.165) is 28.9 Å². The van der Waals surface area contributed by atoms with Crippen molar-refractivity contribution >= 4 is 27.0 Å². The van der Waals surface area contributed by atoms with E-state index in [4.69, 9.17) is 4.98 Å². The van der Waals surface area contributed by atoms with Gasteiger partial charge in [0.25, 0.3) is 0 Å². The standard InChI is InChI=1S/C15H18BrN3/c1-12(16)10-19-14-7-3-2-6-13(14)17-15(19)11-18-8-4-5-9-18/h2-3,6-7H,1,4-5,8-11H2. The van der Waals surface area contributed by atoms with Crippen LogP contribution in [0.15, 0.2) is 35.3 Å². The molecule has 0 atom stereocenters. The van der Waals surface area contributed by atoms with E-state index in [1.807, 2.05) is 6.07 Å². The normalized spacial score (nSPS) is 16.3. The van der Waals surface area contributed by atoms with Crippen molar-refractivity contribution in [3.63, 3.8) is 0 Å². The van der Waals surface area contributed by atoms with Gasteiger partial charge in [0, 0.05) is 4.48 Å². The molecule has 0 spiro atoms. The van der Waals surface area contributed by atoms with Crippen LogP contribution in [0.5, 0.6) is 0 Å². The van der Waals surface area contributed by atoms with Crippen LogP contribution in [0.4, 0.5) is 0 Å². The average molecular weight is 320 g/mol. The number of benzene rings is 1. The number of likely N-dealkylation sites (tertiary alicyclic amines) is 1. The molecule has 0 amide bonds. The van der Waals surface area contributed by atoms with E-state index in [9.17, 15) is 0 Å². The van der Waals surface area contributed by atoms with Crippen LogP contribution in [0.25, 0.3) is 11.0 Å². The maximum atomic E-state index is 4.79. The van der Waals surface area contributed by atoms with Crippen LogP contribution in [-0.4, -0.2) is 27.5 Å². The molecule has 0 N–H and O–H groups in total. The molecule has 19 heavy (non-hydrogen) atoms. The van der Waals surface area contributed by atoms with Gasteiger partial charge in [-0.15, -0.1) is 0 Å². The van der Waals surface area contributed by atoms with Crippen molar-refractivity contribution in [3.8, 4) is 0 Å². The van der Waals surface area contributed by atoms with Gasteiger partial charge in [0.15, 0.2) is 0 Å². The Morgan fingerprint density at radius 3 is 2.74 bits per heavy atom. The fourth-order valence-electron chi connectivity index (χ4n) is 2.73. The molecule has 0 saturated carbocycles. The highest BCUT2D eigenvalue weighted by atomic mass is 79.9. The van der Waals surface area contributed by atoms with Crippen molar-refractivity contribution in [3.05, 3.63) is 41.2 Å². The Labute approximate surface area is 122 Å². The number of fused-ring (bicyclic) bond motifs is 1. The average Bonchev–Trinajstić information content (AvgIpc) is 2.99. The molecule has 3 rings (SSSR count). The molecule has 1 aliphatic heterocycles. The first kappa shape index (κ1) is 12.9. The van der Waals surface area contributed by atoms with Crippen LogP contribution in [0.1, 0.15) is 18.7 Å². The fraction of sp³-hybridized carbons (Fsp3) is 0.400. The summed E-state index contributed by atoms with van der Waals surface area (Å²) in [5.74, 6) is 1.14. The molecule has 1 aromatic heterocycles. The van der Waals surface area contributed by atoms with Crippen molar-refractivity contribution in [1.82, 2.24) is 14.5 Å². The van der Waals surface area contributed by atoms with Gasteiger partial charge in [0.2, 0.25) is 0 Å². The van der Waals surface area contributed by atoms with Crippen LogP contribution >= 0.6 is 15.9 Å². The molecule has 0 bridgehead atoms. The van der Waals surface area contributed by atoms with Crippen LogP contribution in [0.3, 0.4) is 0 Å². The van der Waals surface area contributed by atoms with Gasteiger partial charge >= 0.3 is 0 Å². The Hall–Kier alpha value is -1.13. The van der Waals surface area contributed by atoms with Crippen LogP contribution in [0.2, 0.25) is 0 Å². The van der Waals surface area contributed by atoms with Gasteiger partial charge in [-0.3, -0.25) is 4.90 Å². The molecule has 3 nitrogen and oxygen atoms in total. The number of hydrogen-bond acceptors (Lipinski definition) is 2. The molecule has 2 aromatic rings. The zero-order valence-electron chi connectivity index (χ0n) is 11.0. The molecule has 1 aliphatic rings. The summed E-state index contributed by atoms with van der Waals surface area (Å²) in [6, 6.07) is 8.32. The first-order chi connectivity index (χ1) is 9.24. The van der Waals surface area contributed by atoms with Crippen molar-refractivity contribution in [2.45, 2.75) is 25.9 Å². The molecule has 0 unspecified atom stereocenters. The molecule has 1 aromatic carbocycles. The van der Waals surface area contributed by atoms with Crippen LogP contribution < -0.4 is 0 Å². The SMILES string of the molecule is C=C(Br)Cn1c(CN2CCCC2)nc2ccccc21. The van der Waals surface area contributed by atoms with Crippen molar-refractivity contribution in [1.29, 1.82) is 0 Å². The molecule has 0 radical (unpaired) electrons. The summed E-state index contributed by atoms with van der Waals surface area (Å²) < 4.78 is 3.25. The summed E-state index contributed by atoms with van der Waals surface area (Å²) in [4.78, 5) is 7.27. The predicted octanol–water partition coefficient (Wildman–Crippen LogP) is 3.54. The molecule has 1 saturated heterocycles. The van der Waals surface area contributed by atoms with Gasteiger partial charge in [-0.2, -0.15) is 0 Å². The number of para-hydroxylation sites is 2. The highest BCUT2D eigenvalue weighted by molar-refractivity contribution is 9.11. The molecule has 100 valence electrons. The molecular formula is C15H18BrN3. The highest BCUT2D eigenvalue weighted by Gasteiger charge is 2.17. The van der Waals surface area contributed by atoms with E-state index in [2.05, 4.69) is 50.2 Å². The summed E-state index contributed by atoms with van der Waals surface area (Å²) in [6.45, 7) is 8.07. The van der Waals surface area contributed by atoms with Crippen molar-refractivity contribution in [2.75, 3.05) is 13.1 Å². The van der Waals surface area contributed by atoms with E-state index >= 15 is 0 Å². The van der Waals surface area contributed by atoms with Gasteiger partial charge in [-0.1, -0.05) is 34.6 Å². The van der Waals surface area contributed by atoms with Crippen LogP contribution in [-0.2, 0) is 13.1 Å². The number of allylic oxidation sites excluding steroid dienone is 1. The fourth-order valence-corrected chi connectivity index (χ4v) is 2.99. The maximum Gasteiger partial charge on any atom is 0.124 e. The second-order valence-electron chi connectivity index (χ2n) is 5.10. The molecule has 1 fully saturated rings. The smallest absolute Gasteiger partial charge is 0.124 e. The monoisotopic (exact) mass is 319 g/mol. The maximum absolute atomic E-state index is 4.79. The lowest BCUT2D eigenvalue weighted by Crippen LogP contribution is -2.21. The lowest BCUT2D eigenvalue weighted by Gasteiger charge is -2.15. The third kappa shape index (κ3) is 2.74. The third-order valence-electron chi connectivity index (χ3n) is 3.63. The Morgan fingerprint density at radius 2 is 2.00 bits per heavy atom. The van der Waals surface area contributed by atoms with E-state index in [0.29, 0.717) is 0 Å². The highest BCUT2D eigenvalue weighted by Crippen LogP contribution is 2.21. The number of rotatable bonds is 4. The molecule has 4 heteroatoms. The quantitative estimate of drug-likeness (QED) is 0.859. The number of halogens is 1. The van der Waals surface area contributed by atoms with Crippen LogP contribution in [0, 0.1) is 0 Å². The van der Waals surface area contributed by atoms with Gasteiger partial charge in [0.05, 0.1) is 24.1 Å². The van der Waals surface area contributed by atoms with Gasteiger partial charge in [0.1, 0.15) is 5.82 Å². The lowest BCUT2D eigenvalue weighted by atomic mass is 10.3. The van der Waals surface area contributed by atoms with E-state index in [1.54, 1.807) is 0 Å². The van der Waals surface area contributed by atoms with Crippen molar-refractivity contribution < 1.29 is 0 Å². The molecular weight excluding hydrogens is 302 g/mol. The van der Waals surface area contributed by atoms with E-state index in [-0.39, 0.29) is 0 Å². The largest absolute Gasteiger partial charge is 0.322 e. The summed E-state index contributed by atoms with van der Waals surface area (Å²) in [7, 11) is 0. The lowest BCUT2D eigenvalue weighted by molar-refractivity contribution is 0.318. The minimum atomic E-state index is 0.781. The Bertz CT molecular complexity index is 596. The molecule has 2 heterocycles. The van der Waals surface area contributed by atoms with E-state index < -0.39 is 0 Å². The first-order valence-corrected chi connectivity index (χ1v) is 7.53. The minimum absolute atomic E-state index is 0.781. The van der Waals surface area contributed by atoms with Gasteiger partial charge in [-0.25, -0.2) is 4.98 Å². The van der Waals surface area contributed by atoms with E-state index in [1.165, 1.54) is 31.4 Å². The predicted molar refractivity (Wildman–Crippen MR) is 82.3 cm³/mol. The summed E-state index contributed by atoms with van der Waals surface area (Å²) in [6.07, 6.45) is 2.62. The summed E-state index contributed by atoms with van der Waals surface area (Å²) >= 11 is 3.47. The second-order valence-corrected chi connectivity index (χ2v) is 6.22. The third-order valence-corrected chi connectivity index (χ3v) is 3.88. The Balaban J connectivity index is 1.98. The van der Waals surface area contributed by atoms with Gasteiger partial charge in [-0.05, 0) is 38.1 Å². The number of hydrogen-bond donors (Lipinski definition) is 0. The zero-order valence-corrected chi connectivity index (χ0v) is 12.6. The Morgan fingerprint density at radius 1 is 1.26 bits per heavy atom. The summed E-state index contributed by atoms with van der Waals surface area (Å²) in [5, 5.41) is 0. The topological polar surface area (TPSA) is 21.1 Å². The number of nitrogens with zero attached hydrogens (tertiary/aromatic N) is 3. The number of imidazole rings is 1. The Kier molecular flexibility index (Phi) is 3.71. The second kappa shape index (κ2) is 5.47. The first-order valence-electron chi connectivity index (χ1n) is 6.74. The summed E-state index contributed by atoms with van der Waals surface area (Å²) in [5.41, 5.74) is 2.27. The zero-order chi connectivity index (χ0) is 13.2.